The molecule has 200 valence electrons. The van der Waals surface area contributed by atoms with Crippen LogP contribution in [-0.4, -0.2) is 67.6 Å². The summed E-state index contributed by atoms with van der Waals surface area (Å²) in [5.74, 6) is 0.450. The smallest absolute Gasteiger partial charge is 0.246 e. The SMILES string of the molecule is Cc1cc(Cl)c(OCCOc2ccc(N3C(=O)CNC[C@@H]3C(=O)N(C)CCc3ccccc3)cn2)c(Cl)c1. The number of pyridine rings is 1. The van der Waals surface area contributed by atoms with Crippen LogP contribution < -0.4 is 19.7 Å². The number of amides is 2. The first kappa shape index (κ1) is 27.7. The van der Waals surface area contributed by atoms with Crippen molar-refractivity contribution in [2.24, 2.45) is 0 Å². The van der Waals surface area contributed by atoms with Crippen LogP contribution >= 0.6 is 23.2 Å². The van der Waals surface area contributed by atoms with E-state index in [4.69, 9.17) is 32.7 Å². The summed E-state index contributed by atoms with van der Waals surface area (Å²) in [6.07, 6.45) is 2.27. The Kier molecular flexibility index (Phi) is 9.44. The Morgan fingerprint density at radius 1 is 1.11 bits per heavy atom. The van der Waals surface area contributed by atoms with Gasteiger partial charge in [-0.05, 0) is 42.7 Å². The summed E-state index contributed by atoms with van der Waals surface area (Å²) in [5, 5.41) is 3.92. The molecule has 1 aliphatic heterocycles. The maximum atomic E-state index is 13.3. The molecule has 10 heteroatoms. The summed E-state index contributed by atoms with van der Waals surface area (Å²) in [4.78, 5) is 33.6. The monoisotopic (exact) mass is 556 g/mol. The summed E-state index contributed by atoms with van der Waals surface area (Å²) < 4.78 is 11.3. The molecule has 3 aromatic rings. The van der Waals surface area contributed by atoms with Crippen LogP contribution in [0.15, 0.2) is 60.8 Å². The number of nitrogens with one attached hydrogen (secondary N) is 1. The second-order valence-corrected chi connectivity index (χ2v) is 9.83. The molecule has 1 saturated heterocycles. The van der Waals surface area contributed by atoms with E-state index in [1.807, 2.05) is 37.3 Å². The zero-order valence-electron chi connectivity index (χ0n) is 21.3. The Labute approximate surface area is 232 Å². The number of likely N-dealkylation sites (N-methyl/N-ethyl adjacent to an activating group) is 1. The maximum Gasteiger partial charge on any atom is 0.246 e. The predicted octanol–water partition coefficient (Wildman–Crippen LogP) is 4.16. The van der Waals surface area contributed by atoms with Crippen LogP contribution in [0.25, 0.3) is 0 Å². The maximum absolute atomic E-state index is 13.3. The third-order valence-electron chi connectivity index (χ3n) is 6.16. The molecule has 2 heterocycles. The molecular formula is C28H30Cl2N4O4. The molecule has 0 unspecified atom stereocenters. The Morgan fingerprint density at radius 3 is 2.50 bits per heavy atom. The number of rotatable bonds is 10. The molecule has 1 N–H and O–H groups in total. The quantitative estimate of drug-likeness (QED) is 0.377. The number of ether oxygens (including phenoxy) is 2. The number of carbonyl (C=O) groups is 2. The van der Waals surface area contributed by atoms with Crippen LogP contribution in [-0.2, 0) is 16.0 Å². The standard InChI is InChI=1S/C28H30Cl2N4O4/c1-19-14-22(29)27(23(30)15-19)38-13-12-37-25-9-8-21(16-32-25)34-24(17-31-18-26(34)35)28(36)33(2)11-10-20-6-4-3-5-7-20/h3-9,14-16,24,31H,10-13,17-18H2,1-2H3/t24-/m1/s1. The molecular weight excluding hydrogens is 527 g/mol. The fourth-order valence-corrected chi connectivity index (χ4v) is 4.91. The van der Waals surface area contributed by atoms with E-state index in [2.05, 4.69) is 10.3 Å². The molecule has 38 heavy (non-hydrogen) atoms. The number of aryl methyl sites for hydroxylation is 1. The number of nitrogens with zero attached hydrogens (tertiary/aromatic N) is 3. The number of hydrogen-bond acceptors (Lipinski definition) is 6. The first-order valence-electron chi connectivity index (χ1n) is 12.3. The highest BCUT2D eigenvalue weighted by molar-refractivity contribution is 6.37. The highest BCUT2D eigenvalue weighted by Crippen LogP contribution is 2.34. The summed E-state index contributed by atoms with van der Waals surface area (Å²) in [7, 11) is 1.76. The number of carbonyl (C=O) groups excluding carboxylic acids is 2. The lowest BCUT2D eigenvalue weighted by molar-refractivity contribution is -0.134. The summed E-state index contributed by atoms with van der Waals surface area (Å²) >= 11 is 12.4. The van der Waals surface area contributed by atoms with Crippen molar-refractivity contribution in [2.75, 3.05) is 44.8 Å². The van der Waals surface area contributed by atoms with Gasteiger partial charge in [0.1, 0.15) is 19.3 Å². The van der Waals surface area contributed by atoms with Crippen LogP contribution in [0.1, 0.15) is 11.1 Å². The van der Waals surface area contributed by atoms with Gasteiger partial charge in [0.2, 0.25) is 17.7 Å². The lowest BCUT2D eigenvalue weighted by Gasteiger charge is -2.36. The fourth-order valence-electron chi connectivity index (χ4n) is 4.21. The molecule has 0 saturated carbocycles. The van der Waals surface area contributed by atoms with Gasteiger partial charge in [-0.2, -0.15) is 0 Å². The van der Waals surface area contributed by atoms with E-state index >= 15 is 0 Å². The van der Waals surface area contributed by atoms with Crippen molar-refractivity contribution in [3.63, 3.8) is 0 Å². The molecule has 2 aromatic carbocycles. The molecule has 8 nitrogen and oxygen atoms in total. The minimum Gasteiger partial charge on any atom is -0.487 e. The molecule has 0 aliphatic carbocycles. The van der Waals surface area contributed by atoms with Gasteiger partial charge in [0.05, 0.1) is 28.5 Å². The van der Waals surface area contributed by atoms with Gasteiger partial charge in [-0.1, -0.05) is 53.5 Å². The zero-order chi connectivity index (χ0) is 27.1. The Bertz CT molecular complexity index is 1230. The van der Waals surface area contributed by atoms with Crippen molar-refractivity contribution < 1.29 is 19.1 Å². The van der Waals surface area contributed by atoms with Gasteiger partial charge in [0.25, 0.3) is 0 Å². The van der Waals surface area contributed by atoms with Gasteiger partial charge in [-0.15, -0.1) is 0 Å². The van der Waals surface area contributed by atoms with E-state index < -0.39 is 6.04 Å². The van der Waals surface area contributed by atoms with Gasteiger partial charge >= 0.3 is 0 Å². The number of benzene rings is 2. The van der Waals surface area contributed by atoms with Crippen molar-refractivity contribution in [3.05, 3.63) is 82.0 Å². The van der Waals surface area contributed by atoms with Crippen LogP contribution in [0.2, 0.25) is 10.0 Å². The Balaban J connectivity index is 1.34. The minimum absolute atomic E-state index is 0.132. The summed E-state index contributed by atoms with van der Waals surface area (Å²) in [6, 6.07) is 16.3. The molecule has 1 atom stereocenters. The predicted molar refractivity (Wildman–Crippen MR) is 148 cm³/mol. The second kappa shape index (κ2) is 13.0. The van der Waals surface area contributed by atoms with Gasteiger partial charge in [-0.25, -0.2) is 4.98 Å². The molecule has 4 rings (SSSR count). The zero-order valence-corrected chi connectivity index (χ0v) is 22.8. The number of halogens is 2. The van der Waals surface area contributed by atoms with Gasteiger partial charge in [-0.3, -0.25) is 14.5 Å². The van der Waals surface area contributed by atoms with Crippen molar-refractivity contribution >= 4 is 40.7 Å². The molecule has 2 amide bonds. The van der Waals surface area contributed by atoms with Crippen LogP contribution in [0.4, 0.5) is 5.69 Å². The molecule has 1 aliphatic rings. The molecule has 0 spiro atoms. The normalized spacial score (nSPS) is 15.3. The van der Waals surface area contributed by atoms with Crippen LogP contribution in [0.5, 0.6) is 11.6 Å². The van der Waals surface area contributed by atoms with E-state index in [1.165, 1.54) is 11.1 Å². The molecule has 0 bridgehead atoms. The largest absolute Gasteiger partial charge is 0.487 e. The minimum atomic E-state index is -0.664. The highest BCUT2D eigenvalue weighted by atomic mass is 35.5. The van der Waals surface area contributed by atoms with Gasteiger partial charge < -0.3 is 19.7 Å². The van der Waals surface area contributed by atoms with Gasteiger partial charge in [0, 0.05) is 26.2 Å². The van der Waals surface area contributed by atoms with E-state index in [1.54, 1.807) is 36.2 Å². The van der Waals surface area contributed by atoms with Crippen molar-refractivity contribution in [1.29, 1.82) is 0 Å². The van der Waals surface area contributed by atoms with E-state index in [0.717, 1.165) is 17.5 Å². The van der Waals surface area contributed by atoms with Crippen molar-refractivity contribution in [2.45, 2.75) is 19.4 Å². The molecule has 1 fully saturated rings. The summed E-state index contributed by atoms with van der Waals surface area (Å²) in [5.41, 5.74) is 2.63. The Morgan fingerprint density at radius 2 is 1.82 bits per heavy atom. The van der Waals surface area contributed by atoms with E-state index in [-0.39, 0.29) is 31.6 Å². The molecule has 1 aromatic heterocycles. The third kappa shape index (κ3) is 6.95. The lowest BCUT2D eigenvalue weighted by Crippen LogP contribution is -2.61. The number of aromatic nitrogens is 1. The first-order chi connectivity index (χ1) is 18.3. The average molecular weight is 557 g/mol. The number of piperazine rings is 1. The van der Waals surface area contributed by atoms with Gasteiger partial charge in [0.15, 0.2) is 5.75 Å². The lowest BCUT2D eigenvalue weighted by atomic mass is 10.1. The third-order valence-corrected chi connectivity index (χ3v) is 6.72. The Hall–Kier alpha value is -3.33. The topological polar surface area (TPSA) is 84.0 Å². The van der Waals surface area contributed by atoms with Crippen molar-refractivity contribution in [1.82, 2.24) is 15.2 Å². The molecule has 0 radical (unpaired) electrons. The van der Waals surface area contributed by atoms with Crippen LogP contribution in [0, 0.1) is 6.92 Å². The second-order valence-electron chi connectivity index (χ2n) is 9.02. The average Bonchev–Trinajstić information content (AvgIpc) is 2.91. The first-order valence-corrected chi connectivity index (χ1v) is 13.1. The van der Waals surface area contributed by atoms with E-state index in [0.29, 0.717) is 40.5 Å². The highest BCUT2D eigenvalue weighted by Gasteiger charge is 2.36. The van der Waals surface area contributed by atoms with Crippen molar-refractivity contribution in [3.8, 4) is 11.6 Å². The fraction of sp³-hybridized carbons (Fsp3) is 0.321. The van der Waals surface area contributed by atoms with Crippen LogP contribution in [0.3, 0.4) is 0 Å². The van der Waals surface area contributed by atoms with E-state index in [9.17, 15) is 9.59 Å². The number of anilines is 1. The number of hydrogen-bond donors (Lipinski definition) is 1. The summed E-state index contributed by atoms with van der Waals surface area (Å²) in [6.45, 7) is 3.39.